The van der Waals surface area contributed by atoms with Crippen LogP contribution in [0, 0.1) is 17.5 Å². The minimum atomic E-state index is -1.16. The van der Waals surface area contributed by atoms with Crippen molar-refractivity contribution in [3.63, 3.8) is 0 Å². The first-order chi connectivity index (χ1) is 18.9. The summed E-state index contributed by atoms with van der Waals surface area (Å²) in [6.07, 6.45) is 2.16. The monoisotopic (exact) mass is 554 g/mol. The number of esters is 1. The van der Waals surface area contributed by atoms with Gasteiger partial charge in [0.25, 0.3) is 5.56 Å². The van der Waals surface area contributed by atoms with Gasteiger partial charge in [-0.15, -0.1) is 0 Å². The molecule has 2 heterocycles. The molecule has 2 aliphatic rings. The van der Waals surface area contributed by atoms with Gasteiger partial charge in [-0.1, -0.05) is 18.6 Å². The molecule has 1 fully saturated rings. The number of hydrogen-bond acceptors (Lipinski definition) is 5. The van der Waals surface area contributed by atoms with Gasteiger partial charge in [-0.25, -0.2) is 22.8 Å². The van der Waals surface area contributed by atoms with Crippen LogP contribution in [0.2, 0.25) is 0 Å². The minimum Gasteiger partial charge on any atom is -0.444 e. The number of carbonyl (C=O) groups is 2. The number of benzene rings is 2. The van der Waals surface area contributed by atoms with Gasteiger partial charge in [0.15, 0.2) is 11.6 Å². The summed E-state index contributed by atoms with van der Waals surface area (Å²) in [5.41, 5.74) is -0.773. The predicted molar refractivity (Wildman–Crippen MR) is 140 cm³/mol. The molecule has 0 unspecified atom stereocenters. The van der Waals surface area contributed by atoms with Crippen LogP contribution < -0.4 is 10.3 Å². The van der Waals surface area contributed by atoms with Crippen molar-refractivity contribution in [3.8, 4) is 11.4 Å². The number of carbonyl (C=O) groups excluding carboxylic acids is 2. The second kappa shape index (κ2) is 10.5. The molecule has 1 aromatic heterocycles. The molecule has 0 spiro atoms. The Labute approximate surface area is 229 Å². The van der Waals surface area contributed by atoms with E-state index in [-0.39, 0.29) is 35.0 Å². The lowest BCUT2D eigenvalue weighted by molar-refractivity contribution is 0.0222. The zero-order valence-corrected chi connectivity index (χ0v) is 22.4. The van der Waals surface area contributed by atoms with E-state index in [0.717, 1.165) is 36.0 Å². The molecule has 0 N–H and O–H groups in total. The molecule has 40 heavy (non-hydrogen) atoms. The van der Waals surface area contributed by atoms with Crippen LogP contribution >= 0.6 is 0 Å². The molecular formula is C30H29F3N2O5. The number of aromatic nitrogens is 1. The quantitative estimate of drug-likeness (QED) is 0.368. The Balaban J connectivity index is 1.44. The normalized spacial score (nSPS) is 15.3. The highest BCUT2D eigenvalue weighted by molar-refractivity contribution is 5.91. The average molecular weight is 555 g/mol. The molecule has 0 bridgehead atoms. The maximum absolute atomic E-state index is 15.6. The van der Waals surface area contributed by atoms with Crippen LogP contribution in [0.5, 0.6) is 5.75 Å². The van der Waals surface area contributed by atoms with Crippen molar-refractivity contribution in [3.05, 3.63) is 92.7 Å². The molecule has 0 saturated heterocycles. The van der Waals surface area contributed by atoms with Gasteiger partial charge in [-0.05, 0) is 69.7 Å². The topological polar surface area (TPSA) is 77.8 Å². The van der Waals surface area contributed by atoms with E-state index in [1.54, 1.807) is 26.8 Å². The van der Waals surface area contributed by atoms with E-state index in [1.807, 2.05) is 0 Å². The van der Waals surface area contributed by atoms with Crippen LogP contribution in [0.1, 0.15) is 73.1 Å². The van der Waals surface area contributed by atoms with Crippen LogP contribution in [-0.4, -0.2) is 33.7 Å². The molecule has 1 aliphatic carbocycles. The lowest BCUT2D eigenvalue weighted by Crippen LogP contribution is -2.40. The third-order valence-corrected chi connectivity index (χ3v) is 7.15. The summed E-state index contributed by atoms with van der Waals surface area (Å²) in [4.78, 5) is 40.1. The van der Waals surface area contributed by atoms with E-state index >= 15 is 4.39 Å². The zero-order chi connectivity index (χ0) is 28.8. The second-order valence-electron chi connectivity index (χ2n) is 11.1. The summed E-state index contributed by atoms with van der Waals surface area (Å²) in [5.74, 6) is -4.33. The maximum atomic E-state index is 15.6. The third-order valence-electron chi connectivity index (χ3n) is 7.15. The largest absolute Gasteiger partial charge is 0.444 e. The molecule has 1 aliphatic heterocycles. The molecule has 0 atom stereocenters. The van der Waals surface area contributed by atoms with Crippen LogP contribution in [0.4, 0.5) is 18.0 Å². The van der Waals surface area contributed by atoms with Crippen LogP contribution in [0.3, 0.4) is 0 Å². The molecule has 3 aromatic rings. The fourth-order valence-corrected chi connectivity index (χ4v) is 4.95. The number of halogens is 3. The van der Waals surface area contributed by atoms with Crippen LogP contribution in [-0.2, 0) is 17.7 Å². The Morgan fingerprint density at radius 1 is 1.00 bits per heavy atom. The smallest absolute Gasteiger partial charge is 0.410 e. The molecular weight excluding hydrogens is 525 g/mol. The Hall–Kier alpha value is -4.08. The Morgan fingerprint density at radius 3 is 2.42 bits per heavy atom. The number of rotatable bonds is 4. The number of ether oxygens (including phenoxy) is 2. The number of amides is 1. The lowest BCUT2D eigenvalue weighted by atomic mass is 9.82. The van der Waals surface area contributed by atoms with E-state index in [9.17, 15) is 23.2 Å². The fraction of sp³-hybridized carbons (Fsp3) is 0.367. The number of fused-ring (bicyclic) bond motifs is 1. The highest BCUT2D eigenvalue weighted by atomic mass is 19.2. The van der Waals surface area contributed by atoms with Gasteiger partial charge in [0.1, 0.15) is 17.2 Å². The van der Waals surface area contributed by atoms with Crippen LogP contribution in [0.15, 0.2) is 47.3 Å². The van der Waals surface area contributed by atoms with E-state index < -0.39 is 40.7 Å². The van der Waals surface area contributed by atoms with Gasteiger partial charge in [-0.2, -0.15) is 0 Å². The molecule has 5 rings (SSSR count). The van der Waals surface area contributed by atoms with Crippen molar-refractivity contribution in [2.24, 2.45) is 0 Å². The van der Waals surface area contributed by atoms with Crippen molar-refractivity contribution >= 4 is 12.1 Å². The summed E-state index contributed by atoms with van der Waals surface area (Å²) in [7, 11) is 0. The van der Waals surface area contributed by atoms with Gasteiger partial charge in [0.05, 0.1) is 17.8 Å². The molecule has 7 nitrogen and oxygen atoms in total. The zero-order valence-electron chi connectivity index (χ0n) is 22.4. The number of pyridine rings is 1. The molecule has 10 heteroatoms. The van der Waals surface area contributed by atoms with Gasteiger partial charge >= 0.3 is 12.1 Å². The molecule has 0 radical (unpaired) electrons. The van der Waals surface area contributed by atoms with Gasteiger partial charge in [-0.3, -0.25) is 9.36 Å². The highest BCUT2D eigenvalue weighted by Crippen LogP contribution is 2.38. The van der Waals surface area contributed by atoms with Gasteiger partial charge in [0.2, 0.25) is 0 Å². The van der Waals surface area contributed by atoms with Gasteiger partial charge in [0, 0.05) is 29.9 Å². The predicted octanol–water partition coefficient (Wildman–Crippen LogP) is 6.03. The standard InChI is InChI=1S/C30H29F3N2O5/c1-30(2,3)40-29(38)34-13-12-17-10-11-20(26(32)21(17)16-34)28(37)39-19-14-24(18-6-4-7-18)35(25(36)15-19)23-9-5-8-22(31)27(23)33/h5,8-11,14-15,18H,4,6-7,12-13,16H2,1-3H3. The third kappa shape index (κ3) is 5.35. The van der Waals surface area contributed by atoms with Crippen LogP contribution in [0.25, 0.3) is 5.69 Å². The van der Waals surface area contributed by atoms with E-state index in [0.29, 0.717) is 24.2 Å². The molecule has 1 saturated carbocycles. The Kier molecular flexibility index (Phi) is 7.20. The highest BCUT2D eigenvalue weighted by Gasteiger charge is 2.30. The molecule has 2 aromatic carbocycles. The van der Waals surface area contributed by atoms with Crippen molar-refractivity contribution < 1.29 is 32.2 Å². The lowest BCUT2D eigenvalue weighted by Gasteiger charge is -2.31. The number of nitrogens with zero attached hydrogens (tertiary/aromatic N) is 2. The van der Waals surface area contributed by atoms with E-state index in [4.69, 9.17) is 9.47 Å². The van der Waals surface area contributed by atoms with Crippen molar-refractivity contribution in [2.75, 3.05) is 6.54 Å². The first-order valence-corrected chi connectivity index (χ1v) is 13.1. The average Bonchev–Trinajstić information content (AvgIpc) is 2.84. The Bertz CT molecular complexity index is 1560. The van der Waals surface area contributed by atoms with Crippen molar-refractivity contribution in [1.82, 2.24) is 9.47 Å². The second-order valence-corrected chi connectivity index (χ2v) is 11.1. The first-order valence-electron chi connectivity index (χ1n) is 13.1. The minimum absolute atomic E-state index is 0.0712. The summed E-state index contributed by atoms with van der Waals surface area (Å²) < 4.78 is 56.0. The fourth-order valence-electron chi connectivity index (χ4n) is 4.95. The summed E-state index contributed by atoms with van der Waals surface area (Å²) >= 11 is 0. The number of hydrogen-bond donors (Lipinski definition) is 0. The van der Waals surface area contributed by atoms with Gasteiger partial charge < -0.3 is 14.4 Å². The summed E-state index contributed by atoms with van der Waals surface area (Å²) in [5, 5.41) is 0. The summed E-state index contributed by atoms with van der Waals surface area (Å²) in [6.45, 7) is 5.48. The van der Waals surface area contributed by atoms with Crippen molar-refractivity contribution in [1.29, 1.82) is 0 Å². The Morgan fingerprint density at radius 2 is 1.75 bits per heavy atom. The first kappa shape index (κ1) is 27.5. The molecule has 1 amide bonds. The SMILES string of the molecule is CC(C)(C)OC(=O)N1CCc2ccc(C(=O)Oc3cc(C4CCC4)n(-c4cccc(F)c4F)c(=O)c3)c(F)c2C1. The van der Waals surface area contributed by atoms with Crippen molar-refractivity contribution in [2.45, 2.75) is 64.5 Å². The van der Waals surface area contributed by atoms with E-state index in [1.165, 1.54) is 29.2 Å². The molecule has 210 valence electrons. The summed E-state index contributed by atoms with van der Waals surface area (Å²) in [6, 6.07) is 8.93. The maximum Gasteiger partial charge on any atom is 0.410 e. The van der Waals surface area contributed by atoms with E-state index in [2.05, 4.69) is 0 Å².